The molecule has 4 aromatic carbocycles. The molecule has 226 valence electrons. The molecule has 0 atom stereocenters. The molecule has 4 aromatic rings. The summed E-state index contributed by atoms with van der Waals surface area (Å²) >= 11 is 0. The first kappa shape index (κ1) is 29.0. The molecular weight excluding hydrogens is 603 g/mol. The minimum absolute atomic E-state index is 0.0228. The Labute approximate surface area is 264 Å². The summed E-state index contributed by atoms with van der Waals surface area (Å²) in [6.45, 7) is 3.75. The largest absolute Gasteiger partial charge is 0.294 e. The quantitative estimate of drug-likeness (QED) is 0.223. The van der Waals surface area contributed by atoms with E-state index in [0.717, 1.165) is 39.5 Å². The molecule has 1 aliphatic carbocycles. The number of nitrogens with zero attached hydrogens (tertiary/aromatic N) is 3. The van der Waals surface area contributed by atoms with Gasteiger partial charge in [0.05, 0.1) is 26.7 Å². The van der Waals surface area contributed by atoms with Crippen molar-refractivity contribution in [2.24, 2.45) is 10.3 Å². The van der Waals surface area contributed by atoms with E-state index >= 15 is 0 Å². The molecule has 3 aliphatic rings. The summed E-state index contributed by atoms with van der Waals surface area (Å²) in [6, 6.07) is 30.0. The van der Waals surface area contributed by atoms with Crippen LogP contribution >= 0.6 is 0 Å². The normalized spacial score (nSPS) is 18.4. The summed E-state index contributed by atoms with van der Waals surface area (Å²) in [5.41, 5.74) is 5.16. The van der Waals surface area contributed by atoms with Crippen molar-refractivity contribution in [3.63, 3.8) is 0 Å². The second-order valence-electron chi connectivity index (χ2n) is 11.5. The smallest absolute Gasteiger partial charge is 0.284 e. The van der Waals surface area contributed by atoms with Crippen molar-refractivity contribution in [3.05, 3.63) is 149 Å². The van der Waals surface area contributed by atoms with Gasteiger partial charge >= 0.3 is 0 Å². The first-order valence-corrected chi connectivity index (χ1v) is 17.6. The fourth-order valence-electron chi connectivity index (χ4n) is 5.57. The maximum absolute atomic E-state index is 14.9. The zero-order valence-electron chi connectivity index (χ0n) is 24.8. The van der Waals surface area contributed by atoms with Crippen molar-refractivity contribution < 1.29 is 16.8 Å². The monoisotopic (exact) mass is 633 g/mol. The first-order chi connectivity index (χ1) is 21.6. The van der Waals surface area contributed by atoms with Crippen LogP contribution in [-0.4, -0.2) is 27.0 Å². The molecule has 0 N–H and O–H groups in total. The van der Waals surface area contributed by atoms with Crippen LogP contribution in [0.4, 0.5) is 5.69 Å². The molecule has 0 bridgehead atoms. The lowest BCUT2D eigenvalue weighted by Gasteiger charge is -2.43. The standard InChI is InChI=1S/C36H31N3O4S2/c1-25-12-19-30(20-13-25)44(40,41)37-36-35(29-9-4-3-5-10-29)33-23-18-28-8-6-7-11-32(28)38(33)34(24-27-16-17-27)39(36)45(42,43)31-21-14-26(2)15-22-31/h3-15,18-24,27H,16-17H2,1-2H3/b34-24-,37-36+. The number of aryl methyl sites for hydroxylation is 2. The number of rotatable bonds is 6. The number of sulfonamides is 2. The van der Waals surface area contributed by atoms with Crippen LogP contribution in [0.5, 0.6) is 0 Å². The summed E-state index contributed by atoms with van der Waals surface area (Å²) in [6.07, 6.45) is 7.64. The highest BCUT2D eigenvalue weighted by atomic mass is 32.2. The number of allylic oxidation sites excluding steroid dienone is 2. The van der Waals surface area contributed by atoms with E-state index in [4.69, 9.17) is 0 Å². The van der Waals surface area contributed by atoms with Crippen molar-refractivity contribution >= 4 is 43.2 Å². The topological polar surface area (TPSA) is 87.1 Å². The lowest BCUT2D eigenvalue weighted by molar-refractivity contribution is 0.548. The molecule has 7 nitrogen and oxygen atoms in total. The van der Waals surface area contributed by atoms with Gasteiger partial charge in [0.1, 0.15) is 5.82 Å². The van der Waals surface area contributed by atoms with Gasteiger partial charge < -0.3 is 0 Å². The van der Waals surface area contributed by atoms with E-state index in [-0.39, 0.29) is 21.5 Å². The van der Waals surface area contributed by atoms with Crippen molar-refractivity contribution in [1.82, 2.24) is 4.31 Å². The third kappa shape index (κ3) is 5.32. The average Bonchev–Trinajstić information content (AvgIpc) is 3.85. The van der Waals surface area contributed by atoms with Crippen LogP contribution in [0.2, 0.25) is 0 Å². The van der Waals surface area contributed by atoms with E-state index in [1.165, 1.54) is 12.1 Å². The fraction of sp³-hybridized carbons (Fsp3) is 0.139. The van der Waals surface area contributed by atoms with E-state index in [2.05, 4.69) is 4.40 Å². The Hall–Kier alpha value is -4.73. The van der Waals surface area contributed by atoms with Gasteiger partial charge in [-0.2, -0.15) is 8.42 Å². The Morgan fingerprint density at radius 2 is 1.31 bits per heavy atom. The molecule has 2 aliphatic heterocycles. The lowest BCUT2D eigenvalue weighted by atomic mass is 9.95. The zero-order valence-corrected chi connectivity index (χ0v) is 26.5. The number of amidine groups is 1. The highest BCUT2D eigenvalue weighted by Gasteiger charge is 2.45. The van der Waals surface area contributed by atoms with Gasteiger partial charge in [0.2, 0.25) is 0 Å². The summed E-state index contributed by atoms with van der Waals surface area (Å²) < 4.78 is 63.5. The van der Waals surface area contributed by atoms with Crippen LogP contribution in [0.1, 0.15) is 35.1 Å². The van der Waals surface area contributed by atoms with Crippen molar-refractivity contribution in [3.8, 4) is 0 Å². The van der Waals surface area contributed by atoms with E-state index in [0.29, 0.717) is 22.7 Å². The average molecular weight is 634 g/mol. The molecule has 0 aromatic heterocycles. The highest BCUT2D eigenvalue weighted by Crippen LogP contribution is 2.46. The van der Waals surface area contributed by atoms with Crippen molar-refractivity contribution in [2.75, 3.05) is 4.90 Å². The number of hydrogen-bond acceptors (Lipinski definition) is 5. The van der Waals surface area contributed by atoms with Crippen LogP contribution in [0.25, 0.3) is 11.6 Å². The fourth-order valence-corrected chi connectivity index (χ4v) is 8.05. The van der Waals surface area contributed by atoms with Crippen molar-refractivity contribution in [2.45, 2.75) is 36.5 Å². The molecule has 7 rings (SSSR count). The summed E-state index contributed by atoms with van der Waals surface area (Å²) in [5.74, 6) is 0.301. The predicted octanol–water partition coefficient (Wildman–Crippen LogP) is 7.29. The molecule has 0 unspecified atom stereocenters. The number of para-hydroxylation sites is 1. The second kappa shape index (κ2) is 11.0. The number of benzene rings is 4. The van der Waals surface area contributed by atoms with Gasteiger partial charge in [-0.1, -0.05) is 90.0 Å². The van der Waals surface area contributed by atoms with Crippen LogP contribution in [0, 0.1) is 19.8 Å². The molecule has 2 heterocycles. The molecule has 1 saturated carbocycles. The minimum Gasteiger partial charge on any atom is -0.294 e. The molecular formula is C36H31N3O4S2. The van der Waals surface area contributed by atoms with E-state index in [1.54, 1.807) is 36.4 Å². The Morgan fingerprint density at radius 1 is 0.711 bits per heavy atom. The molecule has 0 radical (unpaired) electrons. The maximum Gasteiger partial charge on any atom is 0.284 e. The van der Waals surface area contributed by atoms with Gasteiger partial charge in [-0.05, 0) is 86.2 Å². The zero-order chi connectivity index (χ0) is 31.3. The predicted molar refractivity (Wildman–Crippen MR) is 178 cm³/mol. The number of fused-ring (bicyclic) bond motifs is 3. The highest BCUT2D eigenvalue weighted by molar-refractivity contribution is 7.91. The Bertz CT molecular complexity index is 2150. The molecule has 0 spiro atoms. The summed E-state index contributed by atoms with van der Waals surface area (Å²) in [7, 11) is -8.74. The molecule has 45 heavy (non-hydrogen) atoms. The van der Waals surface area contributed by atoms with Gasteiger partial charge in [0.15, 0.2) is 5.84 Å². The first-order valence-electron chi connectivity index (χ1n) is 14.8. The van der Waals surface area contributed by atoms with Crippen LogP contribution in [0.3, 0.4) is 0 Å². The third-order valence-electron chi connectivity index (χ3n) is 8.10. The van der Waals surface area contributed by atoms with Crippen molar-refractivity contribution in [1.29, 1.82) is 0 Å². The summed E-state index contributed by atoms with van der Waals surface area (Å²) in [4.78, 5) is 1.94. The second-order valence-corrected chi connectivity index (χ2v) is 14.9. The van der Waals surface area contributed by atoms with Gasteiger partial charge in [0, 0.05) is 0 Å². The Morgan fingerprint density at radius 3 is 1.96 bits per heavy atom. The molecule has 9 heteroatoms. The SMILES string of the molecule is Cc1ccc(S(=O)(=O)/N=C2\C(c3ccccc3)=C3C=Cc4ccccc4N3/C(=C/C3CC3)N2S(=O)(=O)c2ccc(C)cc2)cc1. The Kier molecular flexibility index (Phi) is 7.10. The van der Waals surface area contributed by atoms with Gasteiger partial charge in [0.25, 0.3) is 20.0 Å². The van der Waals surface area contributed by atoms with E-state index in [1.807, 2.05) is 91.6 Å². The number of anilines is 1. The van der Waals surface area contributed by atoms with Gasteiger partial charge in [-0.3, -0.25) is 4.90 Å². The lowest BCUT2D eigenvalue weighted by Crippen LogP contribution is -2.48. The van der Waals surface area contributed by atoms with E-state index in [9.17, 15) is 16.8 Å². The summed E-state index contributed by atoms with van der Waals surface area (Å²) in [5, 5.41) is 0. The van der Waals surface area contributed by atoms with Gasteiger partial charge in [-0.25, -0.2) is 12.7 Å². The maximum atomic E-state index is 14.9. The van der Waals surface area contributed by atoms with E-state index < -0.39 is 20.0 Å². The third-order valence-corrected chi connectivity index (χ3v) is 11.1. The Balaban J connectivity index is 1.60. The minimum atomic E-state index is -4.38. The van der Waals surface area contributed by atoms with Crippen LogP contribution < -0.4 is 4.90 Å². The van der Waals surface area contributed by atoms with Gasteiger partial charge in [-0.15, -0.1) is 4.40 Å². The van der Waals surface area contributed by atoms with Crippen LogP contribution in [-0.2, 0) is 20.0 Å². The van der Waals surface area contributed by atoms with Crippen LogP contribution in [0.15, 0.2) is 141 Å². The molecule has 0 amide bonds. The molecule has 0 saturated heterocycles. The molecule has 1 fully saturated rings. The number of hydrogen-bond donors (Lipinski definition) is 0.